The average Bonchev–Trinajstić information content (AvgIpc) is 4.21. The zero-order valence-electron chi connectivity index (χ0n) is 41.0. The van der Waals surface area contributed by atoms with Gasteiger partial charge < -0.3 is 84.0 Å². The van der Waals surface area contributed by atoms with E-state index in [-0.39, 0.29) is 46.7 Å². The van der Waals surface area contributed by atoms with Gasteiger partial charge in [-0.2, -0.15) is 13.6 Å². The fraction of sp³-hybridized carbons (Fsp3) is 0.639. The van der Waals surface area contributed by atoms with E-state index in [4.69, 9.17) is 58.0 Å². The predicted molar refractivity (Wildman–Crippen MR) is 255 cm³/mol. The second kappa shape index (κ2) is 22.6. The number of nitrogen functional groups attached to an aromatic ring is 2. The van der Waals surface area contributed by atoms with E-state index in [0.717, 1.165) is 30.5 Å². The Morgan fingerprint density at radius 1 is 0.753 bits per heavy atom. The fourth-order valence-corrected chi connectivity index (χ4v) is 13.3. The Balaban J connectivity index is 0.945. The van der Waals surface area contributed by atoms with E-state index < -0.39 is 148 Å². The smallest absolute Gasteiger partial charge is 0.387 e. The zero-order chi connectivity index (χ0) is 56.3. The van der Waals surface area contributed by atoms with Gasteiger partial charge in [-0.25, -0.2) is 38.0 Å². The molecule has 7 unspecified atom stereocenters. The Morgan fingerprint density at radius 2 is 1.36 bits per heavy atom. The van der Waals surface area contributed by atoms with Crippen LogP contribution in [-0.4, -0.2) is 184 Å². The number of aliphatic hydroxyl groups excluding tert-OH is 2. The molecule has 0 radical (unpaired) electrons. The fourth-order valence-electron chi connectivity index (χ4n) is 8.85. The molecule has 4 aromatic rings. The number of fused-ring (bicyclic) bond motifs is 2. The molecule has 0 bridgehead atoms. The molecule has 4 aromatic heterocycles. The molecule has 0 saturated carbocycles. The van der Waals surface area contributed by atoms with Crippen LogP contribution in [0.3, 0.4) is 0 Å². The summed E-state index contributed by atoms with van der Waals surface area (Å²) in [5.74, 6) is -0.271. The largest absolute Gasteiger partial charge is 0.490 e. The molecule has 8 heterocycles. The maximum atomic E-state index is 13.9. The number of imidazole rings is 1. The van der Waals surface area contributed by atoms with Crippen molar-refractivity contribution in [3.8, 4) is 0 Å². The van der Waals surface area contributed by atoms with Crippen LogP contribution in [0.15, 0.2) is 33.2 Å². The van der Waals surface area contributed by atoms with Gasteiger partial charge in [0.1, 0.15) is 78.6 Å². The summed E-state index contributed by atoms with van der Waals surface area (Å²) in [6, 6.07) is 0. The number of anilines is 4. The number of aliphatic hydroxyl groups is 2. The molecule has 0 aliphatic carbocycles. The number of rotatable bonds is 22. The van der Waals surface area contributed by atoms with Gasteiger partial charge in [-0.3, -0.25) is 42.2 Å². The summed E-state index contributed by atoms with van der Waals surface area (Å²) >= 11 is 0. The summed E-state index contributed by atoms with van der Waals surface area (Å²) in [6.45, 7) is 0.0325. The summed E-state index contributed by atoms with van der Waals surface area (Å²) in [6.07, 6.45) is -15.2. The molecule has 41 heteroatoms. The van der Waals surface area contributed by atoms with Crippen LogP contribution in [0.4, 0.5) is 23.3 Å². The van der Waals surface area contributed by atoms with Crippen LogP contribution < -0.4 is 38.1 Å². The van der Waals surface area contributed by atoms with E-state index >= 15 is 0 Å². The maximum absolute atomic E-state index is 13.9. The van der Waals surface area contributed by atoms with Gasteiger partial charge in [0.05, 0.1) is 44.5 Å². The molecule has 0 aromatic carbocycles. The quantitative estimate of drug-likeness (QED) is 0.0365. The minimum atomic E-state index is -6.18. The second-order valence-corrected chi connectivity index (χ2v) is 23.8. The molecule has 3 saturated heterocycles. The second-order valence-electron chi connectivity index (χ2n) is 17.7. The highest BCUT2D eigenvalue weighted by Crippen LogP contribution is 2.68. The Bertz CT molecular complexity index is 3200. The van der Waals surface area contributed by atoms with Gasteiger partial charge in [-0.1, -0.05) is 0 Å². The average molecular weight is 1180 g/mol. The van der Waals surface area contributed by atoms with Crippen molar-refractivity contribution in [1.82, 2.24) is 39.0 Å². The first kappa shape index (κ1) is 58.7. The molecule has 8 rings (SSSR count). The SMILES string of the molecule is COC1[C@@H](O)[C@@H](COP(=O)(O)OP(=O)(O)OP(=O)(O)OC[C@H]2O[C@@H](n3cnc4c(N)ncnc43)[C@@H](OC)C2OP(=O)(O)OC[C@H]2O[C@@H](c3cn(C)c(=O)[nH]c3=O)[C@@H](O)C2OC(C)C)O[C@H]1N1CN(C)c2c1nc(N)[nH]c2=O. The molecular weight excluding hydrogens is 1120 g/mol. The lowest BCUT2D eigenvalue weighted by Gasteiger charge is -2.29. The van der Waals surface area contributed by atoms with Crippen LogP contribution in [0.5, 0.6) is 0 Å². The molecule has 4 aliphatic heterocycles. The number of hydrogen-bond donors (Lipinski definition) is 10. The number of aryl methyl sites for hydroxylation is 1. The highest BCUT2D eigenvalue weighted by molar-refractivity contribution is 7.66. The number of aromatic amines is 2. The number of phosphoric acid groups is 4. The topological polar surface area (TPSA) is 503 Å². The van der Waals surface area contributed by atoms with Gasteiger partial charge in [0.2, 0.25) is 5.95 Å². The van der Waals surface area contributed by atoms with Crippen LogP contribution in [0.2, 0.25) is 0 Å². The maximum Gasteiger partial charge on any atom is 0.490 e. The Labute approximate surface area is 432 Å². The third-order valence-corrected chi connectivity index (χ3v) is 17.3. The summed E-state index contributed by atoms with van der Waals surface area (Å²) in [7, 11) is -18.2. The molecule has 12 N–H and O–H groups in total. The first-order valence-corrected chi connectivity index (χ1v) is 28.5. The minimum absolute atomic E-state index is 0.0248. The third kappa shape index (κ3) is 12.6. The minimum Gasteiger partial charge on any atom is -0.387 e. The molecule has 4 aliphatic rings. The van der Waals surface area contributed by atoms with Gasteiger partial charge in [0.15, 0.2) is 29.7 Å². The highest BCUT2D eigenvalue weighted by atomic mass is 31.3. The van der Waals surface area contributed by atoms with E-state index in [1.165, 1.54) is 28.5 Å². The number of aromatic nitrogens is 8. The molecule has 0 spiro atoms. The molecule has 16 atom stereocenters. The van der Waals surface area contributed by atoms with E-state index in [9.17, 15) is 62.4 Å². The zero-order valence-corrected chi connectivity index (χ0v) is 44.6. The first-order chi connectivity index (χ1) is 36.0. The van der Waals surface area contributed by atoms with E-state index in [0.29, 0.717) is 0 Å². The van der Waals surface area contributed by atoms with Crippen LogP contribution in [0, 0.1) is 0 Å². The Morgan fingerprint density at radius 3 is 2.00 bits per heavy atom. The molecule has 0 amide bonds. The lowest BCUT2D eigenvalue weighted by Crippen LogP contribution is -2.46. The Hall–Kier alpha value is -4.49. The summed E-state index contributed by atoms with van der Waals surface area (Å²) < 4.78 is 119. The van der Waals surface area contributed by atoms with Crippen molar-refractivity contribution >= 4 is 65.7 Å². The summed E-state index contributed by atoms with van der Waals surface area (Å²) in [5, 5.41) is 22.3. The first-order valence-electron chi connectivity index (χ1n) is 22.5. The van der Waals surface area contributed by atoms with E-state index in [1.54, 1.807) is 20.9 Å². The lowest BCUT2D eigenvalue weighted by atomic mass is 10.0. The van der Waals surface area contributed by atoms with E-state index in [2.05, 4.69) is 38.5 Å². The molecule has 77 heavy (non-hydrogen) atoms. The van der Waals surface area contributed by atoms with Crippen molar-refractivity contribution < 1.29 is 103 Å². The lowest BCUT2D eigenvalue weighted by molar-refractivity contribution is -0.0802. The summed E-state index contributed by atoms with van der Waals surface area (Å²) in [4.78, 5) is 104. The number of ether oxygens (including phenoxy) is 6. The van der Waals surface area contributed by atoms with Crippen LogP contribution in [0.25, 0.3) is 11.2 Å². The van der Waals surface area contributed by atoms with Gasteiger partial charge in [0.25, 0.3) is 11.1 Å². The number of methoxy groups -OCH3 is 2. The molecule has 37 nitrogen and oxygen atoms in total. The number of nitrogens with two attached hydrogens (primary N) is 2. The van der Waals surface area contributed by atoms with E-state index in [1.807, 2.05) is 0 Å². The summed E-state index contributed by atoms with van der Waals surface area (Å²) in [5.41, 5.74) is 9.45. The number of nitrogens with one attached hydrogen (secondary N) is 2. The van der Waals surface area contributed by atoms with Crippen molar-refractivity contribution in [1.29, 1.82) is 0 Å². The number of H-pyrrole nitrogens is 2. The van der Waals surface area contributed by atoms with Crippen LogP contribution >= 0.6 is 31.3 Å². The monoisotopic (exact) mass is 1180 g/mol. The third-order valence-electron chi connectivity index (χ3n) is 12.1. The van der Waals surface area contributed by atoms with Crippen molar-refractivity contribution in [2.24, 2.45) is 7.05 Å². The van der Waals surface area contributed by atoms with Crippen molar-refractivity contribution in [2.45, 2.75) is 93.4 Å². The molecular formula is C36H54N12O25P4. The van der Waals surface area contributed by atoms with Gasteiger partial charge in [-0.15, -0.1) is 0 Å². The van der Waals surface area contributed by atoms with Gasteiger partial charge >= 0.3 is 37.0 Å². The standard InChI is InChI=1S/C36H54N12O25P4/c1-14(2)67-24-17(68-23(22(24)50)15-7-45(3)36(53)44-31(15)51)9-64-74(54,55)71-25-18(70-34(27(25)63-6)47-12-41-19-28(37)39-11-40-29(19)47)10-66-76(58,59)73-77(60,61)72-75(56,57)65-8-16-21(49)26(62-5)33(69-16)48-13-46(4)20-30(48)42-35(38)43-32(20)52/h7,11-12,14,16-18,21-27,33-34,49-50H,8-10,13H2,1-6H3,(H,54,55)(H,56,57)(H,58,59)(H,60,61)(H2,37,39,40)(H,44,51,53)(H3,38,42,43,52)/t16-,17-,18-,21+,22-,23+,24?,25?,26?,27+,33-,34-/m1/s1. The van der Waals surface area contributed by atoms with Crippen molar-refractivity contribution in [2.75, 3.05) is 69.0 Å². The predicted octanol–water partition coefficient (Wildman–Crippen LogP) is -2.45. The van der Waals surface area contributed by atoms with Crippen LogP contribution in [0.1, 0.15) is 31.7 Å². The number of nitrogens with zero attached hydrogens (tertiary/aromatic N) is 8. The molecule has 428 valence electrons. The number of phosphoric ester groups is 3. The molecule has 3 fully saturated rings. The number of hydrogen-bond acceptors (Lipinski definition) is 29. The highest BCUT2D eigenvalue weighted by Gasteiger charge is 2.55. The normalized spacial score (nSPS) is 30.7. The van der Waals surface area contributed by atoms with Gasteiger partial charge in [-0.05, 0) is 13.8 Å². The van der Waals surface area contributed by atoms with Gasteiger partial charge in [0, 0.05) is 34.5 Å². The Kier molecular flexibility index (Phi) is 17.2. The van der Waals surface area contributed by atoms with Crippen LogP contribution in [-0.2, 0) is 80.4 Å². The van der Waals surface area contributed by atoms with Crippen molar-refractivity contribution in [3.63, 3.8) is 0 Å². The van der Waals surface area contributed by atoms with Crippen molar-refractivity contribution in [3.05, 3.63) is 55.6 Å².